The summed E-state index contributed by atoms with van der Waals surface area (Å²) in [5.74, 6) is -0.445. The Morgan fingerprint density at radius 3 is 2.66 bits per heavy atom. The summed E-state index contributed by atoms with van der Waals surface area (Å²) >= 11 is 0. The van der Waals surface area contributed by atoms with Crippen LogP contribution in [-0.2, 0) is 6.42 Å². The fraction of sp³-hybridized carbons (Fsp3) is 0.261. The molecule has 1 aromatic heterocycles. The highest BCUT2D eigenvalue weighted by Crippen LogP contribution is 2.31. The first-order valence-electron chi connectivity index (χ1n) is 9.84. The number of nitrogens with one attached hydrogen (secondary N) is 1. The number of aryl methyl sites for hydroxylation is 1. The van der Waals surface area contributed by atoms with Gasteiger partial charge in [-0.2, -0.15) is 5.10 Å². The van der Waals surface area contributed by atoms with Crippen LogP contribution in [0.5, 0.6) is 0 Å². The molecule has 6 heteroatoms. The Bertz CT molecular complexity index is 1090. The van der Waals surface area contributed by atoms with Gasteiger partial charge in [-0.3, -0.25) is 9.59 Å². The SMILES string of the molecule is Cc1cc(=O)c(C(=O)NCCN2c3ccccc3CC2C)nn1-c1ccccc1. The van der Waals surface area contributed by atoms with Crippen LogP contribution in [0.4, 0.5) is 5.69 Å². The van der Waals surface area contributed by atoms with E-state index in [9.17, 15) is 9.59 Å². The molecular weight excluding hydrogens is 364 g/mol. The standard InChI is InChI=1S/C23H24N4O2/c1-16-14-18-8-6-7-11-20(18)26(16)13-12-24-23(29)22-21(28)15-17(2)27(25-22)19-9-4-3-5-10-19/h3-11,15-16H,12-14H2,1-2H3,(H,24,29). The molecule has 2 heterocycles. The topological polar surface area (TPSA) is 67.2 Å². The van der Waals surface area contributed by atoms with Gasteiger partial charge in [0.2, 0.25) is 5.43 Å². The fourth-order valence-corrected chi connectivity index (χ4v) is 3.88. The second kappa shape index (κ2) is 7.91. The van der Waals surface area contributed by atoms with Crippen LogP contribution in [0.3, 0.4) is 0 Å². The molecule has 1 N–H and O–H groups in total. The molecule has 0 radical (unpaired) electrons. The lowest BCUT2D eigenvalue weighted by atomic mass is 10.1. The summed E-state index contributed by atoms with van der Waals surface area (Å²) in [6.45, 7) is 5.11. The Balaban J connectivity index is 1.47. The fourth-order valence-electron chi connectivity index (χ4n) is 3.88. The lowest BCUT2D eigenvalue weighted by molar-refractivity contribution is 0.0946. The second-order valence-corrected chi connectivity index (χ2v) is 7.38. The molecule has 1 amide bonds. The van der Waals surface area contributed by atoms with Gasteiger partial charge in [-0.05, 0) is 44.0 Å². The van der Waals surface area contributed by atoms with Gasteiger partial charge in [0.15, 0.2) is 5.69 Å². The summed E-state index contributed by atoms with van der Waals surface area (Å²) in [6.07, 6.45) is 1.01. The maximum absolute atomic E-state index is 12.7. The van der Waals surface area contributed by atoms with Crippen molar-refractivity contribution < 1.29 is 4.79 Å². The minimum Gasteiger partial charge on any atom is -0.367 e. The average Bonchev–Trinajstić information content (AvgIpc) is 3.04. The molecule has 0 saturated heterocycles. The first kappa shape index (κ1) is 18.9. The number of amides is 1. The normalized spacial score (nSPS) is 15.2. The number of nitrogens with zero attached hydrogens (tertiary/aromatic N) is 3. The molecule has 0 fully saturated rings. The minimum absolute atomic E-state index is 0.0886. The zero-order valence-corrected chi connectivity index (χ0v) is 16.6. The Morgan fingerprint density at radius 2 is 1.86 bits per heavy atom. The van der Waals surface area contributed by atoms with Crippen molar-refractivity contribution >= 4 is 11.6 Å². The number of carbonyl (C=O) groups excluding carboxylic acids is 1. The Labute approximate surface area is 169 Å². The highest BCUT2D eigenvalue weighted by molar-refractivity contribution is 5.92. The minimum atomic E-state index is -0.445. The first-order valence-corrected chi connectivity index (χ1v) is 9.84. The number of rotatable bonds is 5. The Hall–Kier alpha value is -3.41. The van der Waals surface area contributed by atoms with Crippen molar-refractivity contribution in [1.82, 2.24) is 15.1 Å². The van der Waals surface area contributed by atoms with E-state index in [-0.39, 0.29) is 11.1 Å². The van der Waals surface area contributed by atoms with E-state index in [1.807, 2.05) is 36.4 Å². The molecule has 1 unspecified atom stereocenters. The van der Waals surface area contributed by atoms with E-state index < -0.39 is 5.91 Å². The lowest BCUT2D eigenvalue weighted by Crippen LogP contribution is -2.39. The van der Waals surface area contributed by atoms with E-state index in [2.05, 4.69) is 40.4 Å². The van der Waals surface area contributed by atoms with Crippen LogP contribution >= 0.6 is 0 Å². The molecule has 2 aromatic carbocycles. The molecule has 0 bridgehead atoms. The van der Waals surface area contributed by atoms with Crippen molar-refractivity contribution in [1.29, 1.82) is 0 Å². The van der Waals surface area contributed by atoms with Gasteiger partial charge in [-0.15, -0.1) is 0 Å². The number of benzene rings is 2. The number of carbonyl (C=O) groups is 1. The summed E-state index contributed by atoms with van der Waals surface area (Å²) < 4.78 is 1.62. The molecule has 0 aliphatic carbocycles. The number of para-hydroxylation sites is 2. The van der Waals surface area contributed by atoms with Gasteiger partial charge >= 0.3 is 0 Å². The van der Waals surface area contributed by atoms with Crippen LogP contribution in [0.1, 0.15) is 28.7 Å². The summed E-state index contributed by atoms with van der Waals surface area (Å²) in [5, 5.41) is 7.18. The van der Waals surface area contributed by atoms with Crippen molar-refractivity contribution in [2.24, 2.45) is 0 Å². The van der Waals surface area contributed by atoms with E-state index in [4.69, 9.17) is 0 Å². The quantitative estimate of drug-likeness (QED) is 0.730. The third kappa shape index (κ3) is 3.78. The molecule has 1 aliphatic heterocycles. The van der Waals surface area contributed by atoms with E-state index >= 15 is 0 Å². The van der Waals surface area contributed by atoms with Gasteiger partial charge in [-0.25, -0.2) is 4.68 Å². The van der Waals surface area contributed by atoms with Crippen molar-refractivity contribution in [3.8, 4) is 5.69 Å². The molecular formula is C23H24N4O2. The van der Waals surface area contributed by atoms with Crippen molar-refractivity contribution in [3.63, 3.8) is 0 Å². The van der Waals surface area contributed by atoms with Crippen LogP contribution in [0.15, 0.2) is 65.5 Å². The molecule has 0 spiro atoms. The summed E-state index contributed by atoms with van der Waals surface area (Å²) in [7, 11) is 0. The smallest absolute Gasteiger partial charge is 0.275 e. The number of fused-ring (bicyclic) bond motifs is 1. The Morgan fingerprint density at radius 1 is 1.14 bits per heavy atom. The largest absolute Gasteiger partial charge is 0.367 e. The zero-order valence-electron chi connectivity index (χ0n) is 16.6. The number of anilines is 1. The maximum atomic E-state index is 12.7. The molecule has 0 saturated carbocycles. The summed E-state index contributed by atoms with van der Waals surface area (Å²) in [4.78, 5) is 27.3. The monoisotopic (exact) mass is 388 g/mol. The van der Waals surface area contributed by atoms with E-state index in [0.29, 0.717) is 24.8 Å². The van der Waals surface area contributed by atoms with Gasteiger partial charge in [-0.1, -0.05) is 36.4 Å². The van der Waals surface area contributed by atoms with Crippen molar-refractivity contribution in [2.45, 2.75) is 26.3 Å². The number of aromatic nitrogens is 2. The predicted molar refractivity (Wildman–Crippen MR) is 114 cm³/mol. The maximum Gasteiger partial charge on any atom is 0.275 e. The zero-order chi connectivity index (χ0) is 20.4. The van der Waals surface area contributed by atoms with Crippen molar-refractivity contribution in [3.05, 3.63) is 87.8 Å². The van der Waals surface area contributed by atoms with Crippen LogP contribution in [0.2, 0.25) is 0 Å². The van der Waals surface area contributed by atoms with Gasteiger partial charge in [0, 0.05) is 36.6 Å². The summed E-state index contributed by atoms with van der Waals surface area (Å²) in [6, 6.07) is 19.6. The van der Waals surface area contributed by atoms with Crippen LogP contribution < -0.4 is 15.6 Å². The van der Waals surface area contributed by atoms with Gasteiger partial charge < -0.3 is 10.2 Å². The van der Waals surface area contributed by atoms with Crippen LogP contribution in [-0.4, -0.2) is 34.8 Å². The summed E-state index contributed by atoms with van der Waals surface area (Å²) in [5.41, 5.74) is 3.58. The van der Waals surface area contributed by atoms with Crippen LogP contribution in [0.25, 0.3) is 5.69 Å². The van der Waals surface area contributed by atoms with Crippen molar-refractivity contribution in [2.75, 3.05) is 18.0 Å². The number of hydrogen-bond acceptors (Lipinski definition) is 4. The molecule has 3 aromatic rings. The van der Waals surface area contributed by atoms with Gasteiger partial charge in [0.1, 0.15) is 0 Å². The van der Waals surface area contributed by atoms with E-state index in [1.54, 1.807) is 11.6 Å². The molecule has 1 atom stereocenters. The van der Waals surface area contributed by atoms with Gasteiger partial charge in [0.25, 0.3) is 5.91 Å². The predicted octanol–water partition coefficient (Wildman–Crippen LogP) is 2.72. The third-order valence-electron chi connectivity index (χ3n) is 5.31. The van der Waals surface area contributed by atoms with E-state index in [0.717, 1.165) is 12.1 Å². The Kier molecular flexibility index (Phi) is 5.16. The molecule has 148 valence electrons. The average molecular weight is 388 g/mol. The highest BCUT2D eigenvalue weighted by Gasteiger charge is 2.25. The van der Waals surface area contributed by atoms with E-state index in [1.165, 1.54) is 17.3 Å². The van der Waals surface area contributed by atoms with Crippen LogP contribution in [0, 0.1) is 6.92 Å². The second-order valence-electron chi connectivity index (χ2n) is 7.38. The molecule has 29 heavy (non-hydrogen) atoms. The number of hydrogen-bond donors (Lipinski definition) is 1. The molecule has 6 nitrogen and oxygen atoms in total. The lowest BCUT2D eigenvalue weighted by Gasteiger charge is -2.25. The molecule has 1 aliphatic rings. The third-order valence-corrected chi connectivity index (χ3v) is 5.31. The highest BCUT2D eigenvalue weighted by atomic mass is 16.2. The molecule has 4 rings (SSSR count). The first-order chi connectivity index (χ1) is 14.0. The van der Waals surface area contributed by atoms with Gasteiger partial charge in [0.05, 0.1) is 5.69 Å².